The highest BCUT2D eigenvalue weighted by atomic mass is 35.5. The minimum Gasteiger partial charge on any atom is -0.446 e. The maximum Gasteiger partial charge on any atom is 0.429 e. The van der Waals surface area contributed by atoms with Crippen LogP contribution in [0.25, 0.3) is 0 Å². The molecule has 1 fully saturated rings. The number of benzene rings is 1. The van der Waals surface area contributed by atoms with Crippen molar-refractivity contribution in [1.82, 2.24) is 5.01 Å². The van der Waals surface area contributed by atoms with Crippen LogP contribution < -0.4 is 5.01 Å². The van der Waals surface area contributed by atoms with Crippen LogP contribution in [0.15, 0.2) is 18.2 Å². The summed E-state index contributed by atoms with van der Waals surface area (Å²) >= 11 is 5.98. The van der Waals surface area contributed by atoms with Gasteiger partial charge in [0, 0.05) is 12.1 Å². The molecule has 0 radical (unpaired) electrons. The zero-order valence-corrected chi connectivity index (χ0v) is 12.0. The number of hydrogen-bond acceptors (Lipinski definition) is 4. The molecule has 0 aliphatic carbocycles. The van der Waals surface area contributed by atoms with Crippen molar-refractivity contribution >= 4 is 29.3 Å². The monoisotopic (exact) mass is 298 g/mol. The Kier molecular flexibility index (Phi) is 4.46. The van der Waals surface area contributed by atoms with Gasteiger partial charge in [-0.2, -0.15) is 0 Å². The molecule has 0 spiro atoms. The van der Waals surface area contributed by atoms with Crippen molar-refractivity contribution in [3.8, 4) is 0 Å². The van der Waals surface area contributed by atoms with Crippen LogP contribution in [0.4, 0.5) is 10.5 Å². The minimum atomic E-state index is -0.561. The summed E-state index contributed by atoms with van der Waals surface area (Å²) in [5.74, 6) is -0.364. The van der Waals surface area contributed by atoms with E-state index in [2.05, 4.69) is 0 Å². The Balaban J connectivity index is 2.42. The first-order valence-electron chi connectivity index (χ1n) is 6.07. The quantitative estimate of drug-likeness (QED) is 0.853. The Bertz CT molecular complexity index is 535. The van der Waals surface area contributed by atoms with E-state index < -0.39 is 6.09 Å². The number of hydrogen-bond donors (Lipinski definition) is 0. The molecule has 0 atom stereocenters. The number of amides is 2. The molecular formula is C13H15ClN2O4. The molecule has 0 unspecified atom stereocenters. The number of methoxy groups -OCH3 is 1. The molecule has 2 rings (SSSR count). The van der Waals surface area contributed by atoms with E-state index in [-0.39, 0.29) is 19.1 Å². The highest BCUT2D eigenvalue weighted by molar-refractivity contribution is 6.31. The average molecular weight is 299 g/mol. The lowest BCUT2D eigenvalue weighted by Gasteiger charge is -2.30. The van der Waals surface area contributed by atoms with Gasteiger partial charge in [0.05, 0.1) is 12.2 Å². The number of carbonyl (C=O) groups excluding carboxylic acids is 2. The second-order valence-electron chi connectivity index (χ2n) is 4.31. The fourth-order valence-electron chi connectivity index (χ4n) is 1.96. The summed E-state index contributed by atoms with van der Waals surface area (Å²) in [5.41, 5.74) is 1.36. The molecule has 1 aliphatic rings. The number of anilines is 1. The Hall–Kier alpha value is -1.79. The lowest BCUT2D eigenvalue weighted by molar-refractivity contribution is -0.124. The number of carbonyl (C=O) groups is 2. The number of aryl methyl sites for hydroxylation is 1. The first-order chi connectivity index (χ1) is 9.54. The van der Waals surface area contributed by atoms with Gasteiger partial charge < -0.3 is 9.47 Å². The molecule has 108 valence electrons. The van der Waals surface area contributed by atoms with Gasteiger partial charge in [0.15, 0.2) is 0 Å². The summed E-state index contributed by atoms with van der Waals surface area (Å²) < 4.78 is 9.75. The fourth-order valence-corrected chi connectivity index (χ4v) is 2.13. The van der Waals surface area contributed by atoms with Crippen LogP contribution in [0.1, 0.15) is 5.56 Å². The third-order valence-corrected chi connectivity index (χ3v) is 3.12. The number of nitrogens with zero attached hydrogens (tertiary/aromatic N) is 2. The predicted molar refractivity (Wildman–Crippen MR) is 73.6 cm³/mol. The maximum atomic E-state index is 12.2. The topological polar surface area (TPSA) is 59.1 Å². The van der Waals surface area contributed by atoms with E-state index >= 15 is 0 Å². The first kappa shape index (κ1) is 14.6. The second-order valence-corrected chi connectivity index (χ2v) is 4.74. The molecule has 0 saturated carbocycles. The molecule has 7 heteroatoms. The lowest BCUT2D eigenvalue weighted by atomic mass is 10.2. The van der Waals surface area contributed by atoms with Gasteiger partial charge in [-0.05, 0) is 24.6 Å². The molecule has 20 heavy (non-hydrogen) atoms. The third kappa shape index (κ3) is 2.86. The molecule has 2 amide bonds. The van der Waals surface area contributed by atoms with Crippen LogP contribution >= 0.6 is 11.6 Å². The summed E-state index contributed by atoms with van der Waals surface area (Å²) in [6.07, 6.45) is -0.561. The SMILES string of the molecule is COCC(=O)N(c1cc(Cl)ccc1C)N1CCOC1=O. The molecule has 0 N–H and O–H groups in total. The van der Waals surface area contributed by atoms with Gasteiger partial charge in [-0.1, -0.05) is 17.7 Å². The van der Waals surface area contributed by atoms with E-state index in [9.17, 15) is 9.59 Å². The second kappa shape index (κ2) is 6.11. The van der Waals surface area contributed by atoms with Gasteiger partial charge in [0.1, 0.15) is 13.2 Å². The van der Waals surface area contributed by atoms with E-state index in [1.165, 1.54) is 17.1 Å². The molecule has 0 aromatic heterocycles. The summed E-state index contributed by atoms with van der Waals surface area (Å²) in [7, 11) is 1.42. The van der Waals surface area contributed by atoms with E-state index in [1.807, 2.05) is 6.92 Å². The minimum absolute atomic E-state index is 0.143. The standard InChI is InChI=1S/C13H15ClN2O4/c1-9-3-4-10(14)7-11(9)16(12(17)8-19-2)15-5-6-20-13(15)18/h3-4,7H,5-6,8H2,1-2H3. The highest BCUT2D eigenvalue weighted by Crippen LogP contribution is 2.27. The Morgan fingerprint density at radius 3 is 2.90 bits per heavy atom. The van der Waals surface area contributed by atoms with Gasteiger partial charge >= 0.3 is 6.09 Å². The van der Waals surface area contributed by atoms with Gasteiger partial charge in [0.25, 0.3) is 5.91 Å². The lowest BCUT2D eigenvalue weighted by Crippen LogP contribution is -2.49. The summed E-state index contributed by atoms with van der Waals surface area (Å²) in [6.45, 7) is 2.24. The predicted octanol–water partition coefficient (Wildman–Crippen LogP) is 2.00. The Morgan fingerprint density at radius 2 is 2.30 bits per heavy atom. The number of ether oxygens (including phenoxy) is 2. The van der Waals surface area contributed by atoms with Crippen LogP contribution in [-0.4, -0.2) is 43.9 Å². The zero-order chi connectivity index (χ0) is 14.7. The number of cyclic esters (lactones) is 1. The van der Waals surface area contributed by atoms with E-state index in [1.54, 1.807) is 18.2 Å². The fraction of sp³-hybridized carbons (Fsp3) is 0.385. The molecule has 1 aliphatic heterocycles. The zero-order valence-electron chi connectivity index (χ0n) is 11.3. The van der Waals surface area contributed by atoms with Gasteiger partial charge in [-0.3, -0.25) is 4.79 Å². The summed E-state index contributed by atoms with van der Waals surface area (Å²) in [6, 6.07) is 5.14. The van der Waals surface area contributed by atoms with Crippen LogP contribution in [0.5, 0.6) is 0 Å². The maximum absolute atomic E-state index is 12.2. The Morgan fingerprint density at radius 1 is 1.55 bits per heavy atom. The van der Waals surface area contributed by atoms with Gasteiger partial charge in [-0.15, -0.1) is 0 Å². The molecular weight excluding hydrogens is 284 g/mol. The first-order valence-corrected chi connectivity index (χ1v) is 6.44. The van der Waals surface area contributed by atoms with Crippen molar-refractivity contribution in [2.45, 2.75) is 6.92 Å². The molecule has 1 aromatic carbocycles. The number of halogens is 1. The van der Waals surface area contributed by atoms with Crippen molar-refractivity contribution < 1.29 is 19.1 Å². The third-order valence-electron chi connectivity index (χ3n) is 2.88. The molecule has 1 aromatic rings. The summed E-state index contributed by atoms with van der Waals surface area (Å²) in [5, 5.41) is 2.99. The largest absolute Gasteiger partial charge is 0.446 e. The van der Waals surface area contributed by atoms with E-state index in [0.29, 0.717) is 17.3 Å². The van der Waals surface area contributed by atoms with Gasteiger partial charge in [-0.25, -0.2) is 14.8 Å². The smallest absolute Gasteiger partial charge is 0.429 e. The molecule has 6 nitrogen and oxygen atoms in total. The van der Waals surface area contributed by atoms with Crippen LogP contribution in [0.2, 0.25) is 5.02 Å². The van der Waals surface area contributed by atoms with E-state index in [4.69, 9.17) is 21.1 Å². The Labute approximate surface area is 121 Å². The van der Waals surface area contributed by atoms with Gasteiger partial charge in [0.2, 0.25) is 0 Å². The summed E-state index contributed by atoms with van der Waals surface area (Å²) in [4.78, 5) is 24.0. The van der Waals surface area contributed by atoms with Crippen LogP contribution in [-0.2, 0) is 14.3 Å². The molecule has 1 saturated heterocycles. The van der Waals surface area contributed by atoms with Crippen LogP contribution in [0, 0.1) is 6.92 Å². The normalized spacial score (nSPS) is 14.3. The van der Waals surface area contributed by atoms with Crippen molar-refractivity contribution in [1.29, 1.82) is 0 Å². The van der Waals surface area contributed by atoms with Crippen molar-refractivity contribution in [2.75, 3.05) is 31.9 Å². The van der Waals surface area contributed by atoms with E-state index in [0.717, 1.165) is 5.56 Å². The van der Waals surface area contributed by atoms with Crippen molar-refractivity contribution in [3.63, 3.8) is 0 Å². The molecule has 0 bridgehead atoms. The number of hydrazine groups is 1. The average Bonchev–Trinajstić information content (AvgIpc) is 2.81. The van der Waals surface area contributed by atoms with Crippen molar-refractivity contribution in [2.24, 2.45) is 0 Å². The van der Waals surface area contributed by atoms with Crippen LogP contribution in [0.3, 0.4) is 0 Å². The van der Waals surface area contributed by atoms with Crippen molar-refractivity contribution in [3.05, 3.63) is 28.8 Å². The molecule has 1 heterocycles. The highest BCUT2D eigenvalue weighted by Gasteiger charge is 2.33. The number of rotatable bonds is 4.